The Morgan fingerprint density at radius 3 is 2.68 bits per heavy atom. The third-order valence-corrected chi connectivity index (χ3v) is 5.94. The first kappa shape index (κ1) is 16.2. The summed E-state index contributed by atoms with van der Waals surface area (Å²) in [6.07, 6.45) is 7.97. The van der Waals surface area contributed by atoms with Gasteiger partial charge in [0.1, 0.15) is 6.33 Å². The van der Waals surface area contributed by atoms with Gasteiger partial charge in [0.05, 0.1) is 18.1 Å². The van der Waals surface area contributed by atoms with Crippen molar-refractivity contribution in [3.05, 3.63) is 47.9 Å². The van der Waals surface area contributed by atoms with Crippen molar-refractivity contribution in [2.45, 2.75) is 18.8 Å². The molecule has 0 atom stereocenters. The fourth-order valence-corrected chi connectivity index (χ4v) is 4.53. The Morgan fingerprint density at radius 1 is 1.20 bits per heavy atom. The van der Waals surface area contributed by atoms with E-state index in [1.165, 1.54) is 34.8 Å². The summed E-state index contributed by atoms with van der Waals surface area (Å²) in [5.74, 6) is 0.602. The first-order valence-corrected chi connectivity index (χ1v) is 9.33. The summed E-state index contributed by atoms with van der Waals surface area (Å²) in [5.41, 5.74) is 2.95. The molecule has 1 aliphatic heterocycles. The number of hydrogen-bond acceptors (Lipinski definition) is 5. The minimum absolute atomic E-state index is 0.602. The predicted octanol–water partition coefficient (Wildman–Crippen LogP) is 3.80. The van der Waals surface area contributed by atoms with Gasteiger partial charge in [0, 0.05) is 10.4 Å². The van der Waals surface area contributed by atoms with Crippen LogP contribution in [0.15, 0.2) is 42.3 Å². The van der Waals surface area contributed by atoms with Crippen LogP contribution in [0.4, 0.5) is 11.4 Å². The van der Waals surface area contributed by atoms with Crippen molar-refractivity contribution >= 4 is 39.2 Å². The van der Waals surface area contributed by atoms with Crippen LogP contribution in [0.25, 0.3) is 10.1 Å². The molecule has 3 aromatic rings. The van der Waals surface area contributed by atoms with Gasteiger partial charge in [-0.05, 0) is 73.4 Å². The van der Waals surface area contributed by atoms with Gasteiger partial charge in [0.15, 0.2) is 0 Å². The van der Waals surface area contributed by atoms with E-state index in [-0.39, 0.29) is 0 Å². The van der Waals surface area contributed by atoms with E-state index in [4.69, 9.17) is 0 Å². The molecule has 4 rings (SSSR count). The average molecular weight is 352 g/mol. The summed E-state index contributed by atoms with van der Waals surface area (Å²) in [6.45, 7) is 2.28. The molecule has 0 spiro atoms. The van der Waals surface area contributed by atoms with Gasteiger partial charge in [0.25, 0.3) is 0 Å². The molecule has 5 nitrogen and oxygen atoms in total. The van der Waals surface area contributed by atoms with Gasteiger partial charge in [0.2, 0.25) is 6.41 Å². The lowest BCUT2D eigenvalue weighted by molar-refractivity contribution is -0.106. The van der Waals surface area contributed by atoms with E-state index in [0.717, 1.165) is 25.2 Å². The molecule has 0 radical (unpaired) electrons. The highest BCUT2D eigenvalue weighted by Crippen LogP contribution is 2.38. The van der Waals surface area contributed by atoms with Crippen LogP contribution in [0, 0.1) is 0 Å². The quantitative estimate of drug-likeness (QED) is 0.670. The van der Waals surface area contributed by atoms with Crippen molar-refractivity contribution in [1.29, 1.82) is 0 Å². The van der Waals surface area contributed by atoms with E-state index in [1.807, 2.05) is 6.07 Å². The maximum atomic E-state index is 11.7. The molecule has 128 valence electrons. The SMILES string of the molecule is CN1CCC(c2csc3ccc(N(C=O)c4cncnc4)cc23)CC1. The molecule has 1 amide bonds. The summed E-state index contributed by atoms with van der Waals surface area (Å²) < 4.78 is 1.27. The van der Waals surface area contributed by atoms with Crippen molar-refractivity contribution in [3.8, 4) is 0 Å². The van der Waals surface area contributed by atoms with Gasteiger partial charge in [-0.15, -0.1) is 11.3 Å². The number of carbonyl (C=O) groups excluding carboxylic acids is 1. The summed E-state index contributed by atoms with van der Waals surface area (Å²) >= 11 is 1.79. The van der Waals surface area contributed by atoms with Crippen molar-refractivity contribution in [2.75, 3.05) is 25.0 Å². The van der Waals surface area contributed by atoms with E-state index in [9.17, 15) is 4.79 Å². The average Bonchev–Trinajstić information content (AvgIpc) is 3.07. The number of hydrogen-bond donors (Lipinski definition) is 0. The molecule has 1 aliphatic rings. The zero-order valence-corrected chi connectivity index (χ0v) is 14.9. The summed E-state index contributed by atoms with van der Waals surface area (Å²) in [7, 11) is 2.18. The first-order valence-electron chi connectivity index (χ1n) is 8.45. The smallest absolute Gasteiger partial charge is 0.218 e. The largest absolute Gasteiger partial charge is 0.306 e. The highest BCUT2D eigenvalue weighted by molar-refractivity contribution is 7.17. The highest BCUT2D eigenvalue weighted by Gasteiger charge is 2.21. The van der Waals surface area contributed by atoms with Gasteiger partial charge < -0.3 is 4.90 Å². The number of thiophene rings is 1. The Hall–Kier alpha value is -2.31. The van der Waals surface area contributed by atoms with Gasteiger partial charge in [-0.25, -0.2) is 9.97 Å². The van der Waals surface area contributed by atoms with Gasteiger partial charge in [-0.3, -0.25) is 9.69 Å². The number of amides is 1. The fourth-order valence-electron chi connectivity index (χ4n) is 3.51. The molecule has 0 saturated carbocycles. The third-order valence-electron chi connectivity index (χ3n) is 4.95. The molecule has 6 heteroatoms. The molecular formula is C19H20N4OS. The number of likely N-dealkylation sites (tertiary alicyclic amines) is 1. The molecule has 25 heavy (non-hydrogen) atoms. The number of benzene rings is 1. The van der Waals surface area contributed by atoms with Crippen LogP contribution in [0.3, 0.4) is 0 Å². The van der Waals surface area contributed by atoms with Crippen LogP contribution >= 0.6 is 11.3 Å². The van der Waals surface area contributed by atoms with Crippen LogP contribution in [0.5, 0.6) is 0 Å². The van der Waals surface area contributed by atoms with E-state index in [2.05, 4.69) is 39.4 Å². The molecular weight excluding hydrogens is 332 g/mol. The van der Waals surface area contributed by atoms with E-state index in [1.54, 1.807) is 28.6 Å². The third kappa shape index (κ3) is 3.15. The second-order valence-electron chi connectivity index (χ2n) is 6.52. The zero-order chi connectivity index (χ0) is 17.2. The van der Waals surface area contributed by atoms with E-state index >= 15 is 0 Å². The zero-order valence-electron chi connectivity index (χ0n) is 14.1. The lowest BCUT2D eigenvalue weighted by Gasteiger charge is -2.29. The monoisotopic (exact) mass is 352 g/mol. The number of piperidine rings is 1. The van der Waals surface area contributed by atoms with Crippen LogP contribution in [0.2, 0.25) is 0 Å². The van der Waals surface area contributed by atoms with Crippen molar-refractivity contribution in [2.24, 2.45) is 0 Å². The van der Waals surface area contributed by atoms with Crippen molar-refractivity contribution in [1.82, 2.24) is 14.9 Å². The Bertz CT molecular complexity index is 872. The van der Waals surface area contributed by atoms with Crippen molar-refractivity contribution < 1.29 is 4.79 Å². The summed E-state index contributed by atoms with van der Waals surface area (Å²) in [4.78, 5) is 23.7. The Morgan fingerprint density at radius 2 is 1.96 bits per heavy atom. The lowest BCUT2D eigenvalue weighted by atomic mass is 9.89. The van der Waals surface area contributed by atoms with Crippen LogP contribution in [-0.4, -0.2) is 41.4 Å². The standard InChI is InChI=1S/C19H20N4OS/c1-22-6-4-14(5-7-22)18-11-25-19-3-2-15(8-17(18)19)23(13-24)16-9-20-12-21-10-16/h2-3,8-14H,4-7H2,1H3. The maximum Gasteiger partial charge on any atom is 0.218 e. The van der Waals surface area contributed by atoms with Gasteiger partial charge in [-0.2, -0.15) is 0 Å². The first-order chi connectivity index (χ1) is 12.3. The molecule has 1 aromatic carbocycles. The number of nitrogens with zero attached hydrogens (tertiary/aromatic N) is 4. The summed E-state index contributed by atoms with van der Waals surface area (Å²) in [5, 5.41) is 3.56. The Kier molecular flexibility index (Phi) is 4.46. The molecule has 1 saturated heterocycles. The van der Waals surface area contributed by atoms with Crippen molar-refractivity contribution in [3.63, 3.8) is 0 Å². The minimum atomic E-state index is 0.602. The number of aromatic nitrogens is 2. The molecule has 0 N–H and O–H groups in total. The molecule has 0 bridgehead atoms. The number of fused-ring (bicyclic) bond motifs is 1. The molecule has 0 aliphatic carbocycles. The van der Waals surface area contributed by atoms with E-state index in [0.29, 0.717) is 11.6 Å². The molecule has 1 fully saturated rings. The second kappa shape index (κ2) is 6.90. The fraction of sp³-hybridized carbons (Fsp3) is 0.316. The van der Waals surface area contributed by atoms with Gasteiger partial charge >= 0.3 is 0 Å². The maximum absolute atomic E-state index is 11.7. The number of anilines is 2. The topological polar surface area (TPSA) is 49.3 Å². The second-order valence-corrected chi connectivity index (χ2v) is 7.43. The molecule has 2 aromatic heterocycles. The minimum Gasteiger partial charge on any atom is -0.306 e. The van der Waals surface area contributed by atoms with Crippen LogP contribution in [0.1, 0.15) is 24.3 Å². The lowest BCUT2D eigenvalue weighted by Crippen LogP contribution is -2.29. The Balaban J connectivity index is 1.72. The van der Waals surface area contributed by atoms with Crippen LogP contribution in [-0.2, 0) is 4.79 Å². The Labute approximate surface area is 150 Å². The molecule has 0 unspecified atom stereocenters. The number of rotatable bonds is 4. The molecule has 3 heterocycles. The summed E-state index contributed by atoms with van der Waals surface area (Å²) in [6, 6.07) is 6.22. The van der Waals surface area contributed by atoms with Gasteiger partial charge in [-0.1, -0.05) is 0 Å². The van der Waals surface area contributed by atoms with Crippen LogP contribution < -0.4 is 4.90 Å². The number of carbonyl (C=O) groups is 1. The highest BCUT2D eigenvalue weighted by atomic mass is 32.1. The van der Waals surface area contributed by atoms with E-state index < -0.39 is 0 Å². The predicted molar refractivity (Wildman–Crippen MR) is 102 cm³/mol. The normalized spacial score (nSPS) is 16.2.